The molecule has 1 fully saturated rings. The van der Waals surface area contributed by atoms with Crippen LogP contribution in [0.4, 0.5) is 5.69 Å². The fourth-order valence-corrected chi connectivity index (χ4v) is 2.60. The van der Waals surface area contributed by atoms with Crippen LogP contribution < -0.4 is 5.32 Å². The molecule has 1 atom stereocenters. The highest BCUT2D eigenvalue weighted by Crippen LogP contribution is 2.31. The zero-order valence-corrected chi connectivity index (χ0v) is 10.6. The Morgan fingerprint density at radius 2 is 2.06 bits per heavy atom. The minimum atomic E-state index is -0.278. The molecule has 0 saturated carbocycles. The molecule has 1 heterocycles. The third kappa shape index (κ3) is 2.68. The van der Waals surface area contributed by atoms with Gasteiger partial charge in [-0.05, 0) is 6.42 Å². The van der Waals surface area contributed by atoms with Gasteiger partial charge in [0.05, 0.1) is 4.92 Å². The second-order valence-electron chi connectivity index (χ2n) is 4.53. The third-order valence-corrected chi connectivity index (χ3v) is 3.47. The maximum absolute atomic E-state index is 11.1. The van der Waals surface area contributed by atoms with Crippen LogP contribution in [0.2, 0.25) is 0 Å². The van der Waals surface area contributed by atoms with Gasteiger partial charge in [0.2, 0.25) is 0 Å². The molecule has 0 amide bonds. The van der Waals surface area contributed by atoms with Crippen LogP contribution in [0.3, 0.4) is 0 Å². The monoisotopic (exact) mass is 249 g/mol. The molecule has 0 unspecified atom stereocenters. The lowest BCUT2D eigenvalue weighted by Gasteiger charge is -2.34. The van der Waals surface area contributed by atoms with Gasteiger partial charge < -0.3 is 5.32 Å². The van der Waals surface area contributed by atoms with E-state index < -0.39 is 0 Å². The van der Waals surface area contributed by atoms with Crippen molar-refractivity contribution >= 4 is 5.69 Å². The summed E-state index contributed by atoms with van der Waals surface area (Å²) < 4.78 is 0. The summed E-state index contributed by atoms with van der Waals surface area (Å²) in [6, 6.07) is 7.24. The minimum Gasteiger partial charge on any atom is -0.314 e. The van der Waals surface area contributed by atoms with Crippen LogP contribution in [0, 0.1) is 10.1 Å². The zero-order chi connectivity index (χ0) is 13.0. The number of piperazine rings is 1. The van der Waals surface area contributed by atoms with Crippen LogP contribution in [0.1, 0.15) is 24.9 Å². The molecule has 5 nitrogen and oxygen atoms in total. The number of rotatable bonds is 4. The van der Waals surface area contributed by atoms with E-state index in [0.29, 0.717) is 0 Å². The van der Waals surface area contributed by atoms with Crippen LogP contribution in [0.5, 0.6) is 0 Å². The van der Waals surface area contributed by atoms with Crippen molar-refractivity contribution in [2.24, 2.45) is 0 Å². The first-order chi connectivity index (χ1) is 8.74. The van der Waals surface area contributed by atoms with Crippen LogP contribution >= 0.6 is 0 Å². The Kier molecular flexibility index (Phi) is 4.28. The fraction of sp³-hybridized carbons (Fsp3) is 0.538. The highest BCUT2D eigenvalue weighted by molar-refractivity contribution is 5.42. The van der Waals surface area contributed by atoms with Crippen molar-refractivity contribution in [1.29, 1.82) is 0 Å². The lowest BCUT2D eigenvalue weighted by Crippen LogP contribution is -2.45. The van der Waals surface area contributed by atoms with Crippen molar-refractivity contribution in [3.63, 3.8) is 0 Å². The van der Waals surface area contributed by atoms with Crippen LogP contribution in [0.25, 0.3) is 0 Å². The molecular weight excluding hydrogens is 230 g/mol. The summed E-state index contributed by atoms with van der Waals surface area (Å²) in [6.45, 7) is 5.90. The molecular formula is C13H19N3O2. The van der Waals surface area contributed by atoms with Crippen molar-refractivity contribution in [3.05, 3.63) is 39.9 Å². The smallest absolute Gasteiger partial charge is 0.274 e. The predicted molar refractivity (Wildman–Crippen MR) is 70.6 cm³/mol. The van der Waals surface area contributed by atoms with Gasteiger partial charge in [-0.15, -0.1) is 0 Å². The van der Waals surface area contributed by atoms with E-state index in [1.54, 1.807) is 12.1 Å². The molecule has 1 aromatic carbocycles. The summed E-state index contributed by atoms with van der Waals surface area (Å²) in [5.74, 6) is 0. The number of nitro benzene ring substituents is 1. The van der Waals surface area contributed by atoms with Gasteiger partial charge in [0.15, 0.2) is 0 Å². The van der Waals surface area contributed by atoms with E-state index >= 15 is 0 Å². The van der Waals surface area contributed by atoms with Crippen LogP contribution in [-0.2, 0) is 0 Å². The van der Waals surface area contributed by atoms with Gasteiger partial charge >= 0.3 is 0 Å². The van der Waals surface area contributed by atoms with E-state index in [0.717, 1.165) is 38.2 Å². The Balaban J connectivity index is 2.28. The number of para-hydroxylation sites is 1. The van der Waals surface area contributed by atoms with E-state index in [9.17, 15) is 10.1 Å². The van der Waals surface area contributed by atoms with Crippen molar-refractivity contribution in [3.8, 4) is 0 Å². The van der Waals surface area contributed by atoms with Crippen LogP contribution in [-0.4, -0.2) is 36.0 Å². The van der Waals surface area contributed by atoms with Crippen molar-refractivity contribution in [2.75, 3.05) is 26.2 Å². The number of nitrogens with zero attached hydrogens (tertiary/aromatic N) is 2. The fourth-order valence-electron chi connectivity index (χ4n) is 2.60. The molecule has 1 aliphatic rings. The van der Waals surface area contributed by atoms with Crippen molar-refractivity contribution in [1.82, 2.24) is 10.2 Å². The second kappa shape index (κ2) is 5.93. The van der Waals surface area contributed by atoms with E-state index in [2.05, 4.69) is 17.1 Å². The van der Waals surface area contributed by atoms with E-state index in [4.69, 9.17) is 0 Å². The minimum absolute atomic E-state index is 0.147. The second-order valence-corrected chi connectivity index (χ2v) is 4.53. The maximum atomic E-state index is 11.1. The van der Waals surface area contributed by atoms with Gasteiger partial charge in [-0.25, -0.2) is 0 Å². The van der Waals surface area contributed by atoms with E-state index in [-0.39, 0.29) is 16.7 Å². The van der Waals surface area contributed by atoms with Gasteiger partial charge in [-0.2, -0.15) is 0 Å². The zero-order valence-electron chi connectivity index (χ0n) is 10.6. The van der Waals surface area contributed by atoms with Gasteiger partial charge in [-0.1, -0.05) is 25.1 Å². The molecule has 0 radical (unpaired) electrons. The summed E-state index contributed by atoms with van der Waals surface area (Å²) in [7, 11) is 0. The molecule has 1 aromatic rings. The van der Waals surface area contributed by atoms with Crippen molar-refractivity contribution < 1.29 is 4.92 Å². The first kappa shape index (κ1) is 13.0. The SMILES string of the molecule is CC[C@@H](c1ccccc1[N+](=O)[O-])N1CCNCC1. The number of hydrogen-bond acceptors (Lipinski definition) is 4. The third-order valence-electron chi connectivity index (χ3n) is 3.47. The Bertz CT molecular complexity index is 416. The normalized spacial score (nSPS) is 18.5. The van der Waals surface area contributed by atoms with Gasteiger partial charge in [0.25, 0.3) is 5.69 Å². The van der Waals surface area contributed by atoms with Gasteiger partial charge in [0.1, 0.15) is 0 Å². The Labute approximate surface area is 107 Å². The molecule has 98 valence electrons. The number of hydrogen-bond donors (Lipinski definition) is 1. The van der Waals surface area contributed by atoms with E-state index in [1.165, 1.54) is 0 Å². The number of nitrogens with one attached hydrogen (secondary N) is 1. The van der Waals surface area contributed by atoms with E-state index in [1.807, 2.05) is 12.1 Å². The number of nitro groups is 1. The molecule has 0 spiro atoms. The Morgan fingerprint density at radius 1 is 1.39 bits per heavy atom. The molecule has 0 aromatic heterocycles. The topological polar surface area (TPSA) is 58.4 Å². The lowest BCUT2D eigenvalue weighted by atomic mass is 10.00. The Hall–Kier alpha value is -1.46. The molecule has 1 saturated heterocycles. The number of benzene rings is 1. The summed E-state index contributed by atoms with van der Waals surface area (Å²) in [6.07, 6.45) is 0.894. The molecule has 18 heavy (non-hydrogen) atoms. The molecule has 2 rings (SSSR count). The molecule has 1 aliphatic heterocycles. The summed E-state index contributed by atoms with van der Waals surface area (Å²) in [5.41, 5.74) is 1.08. The van der Waals surface area contributed by atoms with Crippen LogP contribution in [0.15, 0.2) is 24.3 Å². The average molecular weight is 249 g/mol. The first-order valence-electron chi connectivity index (χ1n) is 6.42. The summed E-state index contributed by atoms with van der Waals surface area (Å²) >= 11 is 0. The average Bonchev–Trinajstić information content (AvgIpc) is 2.41. The molecule has 0 aliphatic carbocycles. The predicted octanol–water partition coefficient (Wildman–Crippen LogP) is 1.95. The van der Waals surface area contributed by atoms with Crippen molar-refractivity contribution in [2.45, 2.75) is 19.4 Å². The summed E-state index contributed by atoms with van der Waals surface area (Å²) in [4.78, 5) is 13.2. The molecule has 1 N–H and O–H groups in total. The highest BCUT2D eigenvalue weighted by Gasteiger charge is 2.26. The van der Waals surface area contributed by atoms with Gasteiger partial charge in [-0.3, -0.25) is 15.0 Å². The maximum Gasteiger partial charge on any atom is 0.274 e. The standard InChI is InChI=1S/C13H19N3O2/c1-2-12(15-9-7-14-8-10-15)11-5-3-4-6-13(11)16(17)18/h3-6,12,14H,2,7-10H2,1H3/t12-/m0/s1. The lowest BCUT2D eigenvalue weighted by molar-refractivity contribution is -0.386. The molecule has 5 heteroatoms. The quantitative estimate of drug-likeness (QED) is 0.654. The molecule has 0 bridgehead atoms. The Morgan fingerprint density at radius 3 is 2.67 bits per heavy atom. The first-order valence-corrected chi connectivity index (χ1v) is 6.42. The highest BCUT2D eigenvalue weighted by atomic mass is 16.6. The summed E-state index contributed by atoms with van der Waals surface area (Å²) in [5, 5.41) is 14.4. The largest absolute Gasteiger partial charge is 0.314 e. The van der Waals surface area contributed by atoms with Gasteiger partial charge in [0, 0.05) is 43.9 Å².